The fourth-order valence-corrected chi connectivity index (χ4v) is 3.68. The van der Waals surface area contributed by atoms with Gasteiger partial charge in [-0.1, -0.05) is 18.2 Å². The van der Waals surface area contributed by atoms with Gasteiger partial charge in [0.05, 0.1) is 16.6 Å². The van der Waals surface area contributed by atoms with Crippen molar-refractivity contribution in [1.82, 2.24) is 4.98 Å². The summed E-state index contributed by atoms with van der Waals surface area (Å²) < 4.78 is 0. The smallest absolute Gasteiger partial charge is 0.145 e. The van der Waals surface area contributed by atoms with Crippen LogP contribution in [0, 0.1) is 0 Å². The predicted molar refractivity (Wildman–Crippen MR) is 70.6 cm³/mol. The zero-order chi connectivity index (χ0) is 12.2. The van der Waals surface area contributed by atoms with Crippen LogP contribution in [0.15, 0.2) is 30.3 Å². The van der Waals surface area contributed by atoms with Crippen molar-refractivity contribution >= 4 is 16.7 Å². The molecule has 0 aliphatic heterocycles. The molecule has 1 unspecified atom stereocenters. The quantitative estimate of drug-likeness (QED) is 0.704. The van der Waals surface area contributed by atoms with Gasteiger partial charge in [0, 0.05) is 11.8 Å². The van der Waals surface area contributed by atoms with Crippen LogP contribution in [-0.4, -0.2) is 10.8 Å². The fourth-order valence-electron chi connectivity index (χ4n) is 3.68. The van der Waals surface area contributed by atoms with Gasteiger partial charge in [-0.25, -0.2) is 0 Å². The van der Waals surface area contributed by atoms with Gasteiger partial charge in [-0.2, -0.15) is 0 Å². The second kappa shape index (κ2) is 3.41. The van der Waals surface area contributed by atoms with Gasteiger partial charge in [0.25, 0.3) is 0 Å². The SMILES string of the molecule is O=C1CCCC12CCc1cc3ccccc3nc12. The molecule has 2 aliphatic rings. The van der Waals surface area contributed by atoms with Crippen LogP contribution in [0.2, 0.25) is 0 Å². The van der Waals surface area contributed by atoms with E-state index >= 15 is 0 Å². The van der Waals surface area contributed by atoms with Crippen LogP contribution < -0.4 is 0 Å². The van der Waals surface area contributed by atoms with Crippen molar-refractivity contribution in [2.24, 2.45) is 0 Å². The molecule has 1 saturated carbocycles. The van der Waals surface area contributed by atoms with Crippen LogP contribution in [0.3, 0.4) is 0 Å². The van der Waals surface area contributed by atoms with Gasteiger partial charge in [-0.05, 0) is 43.4 Å². The Balaban J connectivity index is 1.99. The molecule has 2 aromatic rings. The Morgan fingerprint density at radius 3 is 2.83 bits per heavy atom. The normalized spacial score (nSPS) is 26.1. The van der Waals surface area contributed by atoms with E-state index in [9.17, 15) is 4.79 Å². The van der Waals surface area contributed by atoms with E-state index in [0.717, 1.165) is 43.3 Å². The number of carbonyl (C=O) groups is 1. The van der Waals surface area contributed by atoms with Crippen LogP contribution in [0.5, 0.6) is 0 Å². The predicted octanol–water partition coefficient (Wildman–Crippen LogP) is 3.17. The molecule has 18 heavy (non-hydrogen) atoms. The third-order valence-corrected chi connectivity index (χ3v) is 4.62. The number of benzene rings is 1. The van der Waals surface area contributed by atoms with Crippen LogP contribution in [0.25, 0.3) is 10.9 Å². The van der Waals surface area contributed by atoms with Gasteiger partial charge >= 0.3 is 0 Å². The van der Waals surface area contributed by atoms with Crippen molar-refractivity contribution in [3.05, 3.63) is 41.6 Å². The average Bonchev–Trinajstić information content (AvgIpc) is 2.94. The third-order valence-electron chi connectivity index (χ3n) is 4.62. The maximum atomic E-state index is 12.3. The molecular weight excluding hydrogens is 222 g/mol. The maximum absolute atomic E-state index is 12.3. The van der Waals surface area contributed by atoms with Crippen molar-refractivity contribution in [2.75, 3.05) is 0 Å². The molecule has 2 heteroatoms. The molecular formula is C16H15NO. The number of hydrogen-bond donors (Lipinski definition) is 0. The van der Waals surface area contributed by atoms with Crippen LogP contribution in [0.4, 0.5) is 0 Å². The van der Waals surface area contributed by atoms with Crippen LogP contribution in [-0.2, 0) is 16.6 Å². The summed E-state index contributed by atoms with van der Waals surface area (Å²) in [5.74, 6) is 0.420. The summed E-state index contributed by atoms with van der Waals surface area (Å²) in [6, 6.07) is 10.4. The molecule has 0 radical (unpaired) electrons. The number of nitrogens with zero attached hydrogens (tertiary/aromatic N) is 1. The zero-order valence-corrected chi connectivity index (χ0v) is 10.3. The number of aromatic nitrogens is 1. The first kappa shape index (κ1) is 10.2. The number of ketones is 1. The Morgan fingerprint density at radius 2 is 2.00 bits per heavy atom. The highest BCUT2D eigenvalue weighted by Crippen LogP contribution is 2.47. The fraction of sp³-hybridized carbons (Fsp3) is 0.375. The Bertz CT molecular complexity index is 661. The second-order valence-electron chi connectivity index (χ2n) is 5.55. The van der Waals surface area contributed by atoms with E-state index in [0.29, 0.717) is 5.78 Å². The number of Topliss-reactive ketones (excluding diaryl/α,β-unsaturated/α-hetero) is 1. The average molecular weight is 237 g/mol. The molecule has 0 amide bonds. The van der Waals surface area contributed by atoms with E-state index in [1.807, 2.05) is 18.2 Å². The summed E-state index contributed by atoms with van der Waals surface area (Å²) in [4.78, 5) is 17.1. The summed E-state index contributed by atoms with van der Waals surface area (Å²) in [5.41, 5.74) is 3.18. The molecule has 1 atom stereocenters. The molecule has 2 aliphatic carbocycles. The standard InChI is InChI=1S/C16H15NO/c18-14-6-3-8-16(14)9-7-12-10-11-4-1-2-5-13(11)17-15(12)16/h1-2,4-5,10H,3,6-9H2. The lowest BCUT2D eigenvalue weighted by atomic mass is 9.82. The highest BCUT2D eigenvalue weighted by atomic mass is 16.1. The number of carbonyl (C=O) groups excluding carboxylic acids is 1. The molecule has 2 nitrogen and oxygen atoms in total. The summed E-state index contributed by atoms with van der Waals surface area (Å²) >= 11 is 0. The van der Waals surface area contributed by atoms with Crippen LogP contribution >= 0.6 is 0 Å². The Hall–Kier alpha value is -1.70. The number of hydrogen-bond acceptors (Lipinski definition) is 2. The topological polar surface area (TPSA) is 30.0 Å². The van der Waals surface area contributed by atoms with E-state index in [4.69, 9.17) is 4.98 Å². The number of rotatable bonds is 0. The minimum absolute atomic E-state index is 0.223. The largest absolute Gasteiger partial charge is 0.299 e. The molecule has 90 valence electrons. The molecule has 1 fully saturated rings. The number of para-hydroxylation sites is 1. The van der Waals surface area contributed by atoms with Gasteiger partial charge < -0.3 is 0 Å². The lowest BCUT2D eigenvalue weighted by molar-refractivity contribution is -0.122. The summed E-state index contributed by atoms with van der Waals surface area (Å²) in [7, 11) is 0. The van der Waals surface area contributed by atoms with Gasteiger partial charge in [0.2, 0.25) is 0 Å². The Morgan fingerprint density at radius 1 is 1.11 bits per heavy atom. The van der Waals surface area contributed by atoms with E-state index in [1.54, 1.807) is 0 Å². The lowest BCUT2D eigenvalue weighted by Crippen LogP contribution is -2.28. The molecule has 0 bridgehead atoms. The summed E-state index contributed by atoms with van der Waals surface area (Å²) in [6.45, 7) is 0. The minimum Gasteiger partial charge on any atom is -0.299 e. The summed E-state index contributed by atoms with van der Waals surface area (Å²) in [5, 5.41) is 1.19. The Labute approximate surface area is 106 Å². The third kappa shape index (κ3) is 1.18. The number of aryl methyl sites for hydroxylation is 1. The first-order valence-corrected chi connectivity index (χ1v) is 6.72. The van der Waals surface area contributed by atoms with Crippen molar-refractivity contribution in [3.8, 4) is 0 Å². The van der Waals surface area contributed by atoms with Gasteiger partial charge in [-0.15, -0.1) is 0 Å². The highest BCUT2D eigenvalue weighted by molar-refractivity contribution is 5.94. The van der Waals surface area contributed by atoms with E-state index < -0.39 is 0 Å². The van der Waals surface area contributed by atoms with E-state index in [-0.39, 0.29) is 5.41 Å². The maximum Gasteiger partial charge on any atom is 0.145 e. The first-order chi connectivity index (χ1) is 8.79. The molecule has 1 spiro atoms. The lowest BCUT2D eigenvalue weighted by Gasteiger charge is -2.21. The molecule has 0 saturated heterocycles. The minimum atomic E-state index is -0.223. The molecule has 0 N–H and O–H groups in total. The number of fused-ring (bicyclic) bond motifs is 3. The van der Waals surface area contributed by atoms with Gasteiger partial charge in [0.15, 0.2) is 0 Å². The highest BCUT2D eigenvalue weighted by Gasteiger charge is 2.48. The zero-order valence-electron chi connectivity index (χ0n) is 10.3. The Kier molecular flexibility index (Phi) is 1.94. The summed E-state index contributed by atoms with van der Waals surface area (Å²) in [6.07, 6.45) is 4.77. The van der Waals surface area contributed by atoms with Gasteiger partial charge in [-0.3, -0.25) is 9.78 Å². The monoisotopic (exact) mass is 237 g/mol. The van der Waals surface area contributed by atoms with Crippen molar-refractivity contribution in [1.29, 1.82) is 0 Å². The van der Waals surface area contributed by atoms with Gasteiger partial charge in [0.1, 0.15) is 5.78 Å². The molecule has 4 rings (SSSR count). The molecule has 1 aromatic carbocycles. The first-order valence-electron chi connectivity index (χ1n) is 6.72. The second-order valence-corrected chi connectivity index (χ2v) is 5.55. The van der Waals surface area contributed by atoms with E-state index in [1.165, 1.54) is 10.9 Å². The molecule has 1 aromatic heterocycles. The molecule has 1 heterocycles. The van der Waals surface area contributed by atoms with Crippen molar-refractivity contribution in [3.63, 3.8) is 0 Å². The van der Waals surface area contributed by atoms with Crippen molar-refractivity contribution < 1.29 is 4.79 Å². The van der Waals surface area contributed by atoms with E-state index in [2.05, 4.69) is 12.1 Å². The van der Waals surface area contributed by atoms with Crippen LogP contribution in [0.1, 0.15) is 36.9 Å². The number of pyridine rings is 1. The van der Waals surface area contributed by atoms with Crippen molar-refractivity contribution in [2.45, 2.75) is 37.5 Å².